The first-order valence-electron chi connectivity index (χ1n) is 9.70. The van der Waals surface area contributed by atoms with E-state index in [2.05, 4.69) is 10.3 Å². The number of rotatable bonds is 8. The summed E-state index contributed by atoms with van der Waals surface area (Å²) in [6.07, 6.45) is -1.04. The summed E-state index contributed by atoms with van der Waals surface area (Å²) < 4.78 is 11.0. The van der Waals surface area contributed by atoms with Gasteiger partial charge in [-0.15, -0.1) is 11.3 Å². The van der Waals surface area contributed by atoms with Gasteiger partial charge in [0.25, 0.3) is 5.91 Å². The molecule has 1 aromatic heterocycles. The van der Waals surface area contributed by atoms with Crippen LogP contribution in [-0.4, -0.2) is 28.7 Å². The number of ether oxygens (including phenoxy) is 2. The minimum absolute atomic E-state index is 0.114. The minimum Gasteiger partial charge on any atom is -0.486 e. The van der Waals surface area contributed by atoms with Crippen LogP contribution >= 0.6 is 22.9 Å². The van der Waals surface area contributed by atoms with Crippen LogP contribution in [0.2, 0.25) is 5.02 Å². The van der Waals surface area contributed by atoms with Crippen molar-refractivity contribution in [3.63, 3.8) is 0 Å². The van der Waals surface area contributed by atoms with E-state index in [1.54, 1.807) is 55.5 Å². The fourth-order valence-electron chi connectivity index (χ4n) is 2.71. The van der Waals surface area contributed by atoms with Gasteiger partial charge < -0.3 is 14.8 Å². The molecule has 1 atom stereocenters. The highest BCUT2D eigenvalue weighted by Gasteiger charge is 2.23. The lowest BCUT2D eigenvalue weighted by atomic mass is 10.1. The molecule has 166 valence electrons. The number of anilines is 1. The van der Waals surface area contributed by atoms with Gasteiger partial charge in [0.1, 0.15) is 22.2 Å². The number of nitrogens with one attached hydrogen (secondary N) is 1. The SMILES string of the molecule is CC(=O)c1cccc(NC(=O)C(C)OC(=O)c2sc(COc3ccc(Cl)cc3)nc2C)c1. The molecule has 0 saturated carbocycles. The fraction of sp³-hybridized carbons (Fsp3) is 0.217. The van der Waals surface area contributed by atoms with E-state index >= 15 is 0 Å². The van der Waals surface area contributed by atoms with Crippen molar-refractivity contribution in [2.24, 2.45) is 0 Å². The van der Waals surface area contributed by atoms with Gasteiger partial charge in [-0.2, -0.15) is 0 Å². The van der Waals surface area contributed by atoms with Gasteiger partial charge in [0.05, 0.1) is 5.69 Å². The van der Waals surface area contributed by atoms with Gasteiger partial charge in [-0.1, -0.05) is 23.7 Å². The summed E-state index contributed by atoms with van der Waals surface area (Å²) in [6.45, 7) is 4.79. The van der Waals surface area contributed by atoms with E-state index in [9.17, 15) is 14.4 Å². The van der Waals surface area contributed by atoms with Crippen molar-refractivity contribution < 1.29 is 23.9 Å². The van der Waals surface area contributed by atoms with E-state index in [0.717, 1.165) is 11.3 Å². The van der Waals surface area contributed by atoms with Gasteiger partial charge in [-0.3, -0.25) is 9.59 Å². The number of carbonyl (C=O) groups is 3. The Hall–Kier alpha value is -3.23. The molecule has 0 spiro atoms. The number of Topliss-reactive ketones (excluding diaryl/α,β-unsaturated/α-hetero) is 1. The summed E-state index contributed by atoms with van der Waals surface area (Å²) in [4.78, 5) is 41.1. The van der Waals surface area contributed by atoms with Crippen LogP contribution < -0.4 is 10.1 Å². The first-order chi connectivity index (χ1) is 15.2. The molecule has 1 unspecified atom stereocenters. The highest BCUT2D eigenvalue weighted by Crippen LogP contribution is 2.23. The third-order valence-electron chi connectivity index (χ3n) is 4.39. The molecule has 32 heavy (non-hydrogen) atoms. The molecule has 1 amide bonds. The predicted octanol–water partition coefficient (Wildman–Crippen LogP) is 5.07. The number of esters is 1. The average molecular weight is 473 g/mol. The second-order valence-corrected chi connectivity index (χ2v) is 8.46. The molecule has 0 aliphatic carbocycles. The van der Waals surface area contributed by atoms with Crippen LogP contribution in [0.25, 0.3) is 0 Å². The molecule has 9 heteroatoms. The van der Waals surface area contributed by atoms with Gasteiger partial charge >= 0.3 is 5.97 Å². The van der Waals surface area contributed by atoms with Crippen LogP contribution in [0, 0.1) is 6.92 Å². The molecule has 0 aliphatic heterocycles. The number of hydrogen-bond acceptors (Lipinski definition) is 7. The van der Waals surface area contributed by atoms with Gasteiger partial charge in [-0.25, -0.2) is 9.78 Å². The van der Waals surface area contributed by atoms with Crippen LogP contribution in [0.4, 0.5) is 5.69 Å². The molecule has 0 saturated heterocycles. The Morgan fingerprint density at radius 1 is 1.16 bits per heavy atom. The summed E-state index contributed by atoms with van der Waals surface area (Å²) in [6, 6.07) is 13.5. The number of nitrogens with zero attached hydrogens (tertiary/aromatic N) is 1. The Morgan fingerprint density at radius 3 is 2.56 bits per heavy atom. The number of aryl methyl sites for hydroxylation is 1. The Labute approximate surface area is 194 Å². The van der Waals surface area contributed by atoms with Crippen LogP contribution in [0.1, 0.15) is 44.6 Å². The zero-order valence-corrected chi connectivity index (χ0v) is 19.3. The fourth-order valence-corrected chi connectivity index (χ4v) is 3.69. The molecule has 3 rings (SSSR count). The number of aromatic nitrogens is 1. The molecule has 0 radical (unpaired) electrons. The van der Waals surface area contributed by atoms with Crippen molar-refractivity contribution in [3.05, 3.63) is 74.7 Å². The molecule has 7 nitrogen and oxygen atoms in total. The molecule has 0 aliphatic rings. The van der Waals surface area contributed by atoms with Gasteiger partial charge in [0.2, 0.25) is 0 Å². The van der Waals surface area contributed by atoms with Gasteiger partial charge in [-0.05, 0) is 57.2 Å². The molecular formula is C23H21ClN2O5S. The van der Waals surface area contributed by atoms with E-state index in [4.69, 9.17) is 21.1 Å². The smallest absolute Gasteiger partial charge is 0.351 e. The number of hydrogen-bond donors (Lipinski definition) is 1. The highest BCUT2D eigenvalue weighted by atomic mass is 35.5. The van der Waals surface area contributed by atoms with Crippen molar-refractivity contribution in [1.82, 2.24) is 4.98 Å². The third kappa shape index (κ3) is 6.15. The maximum Gasteiger partial charge on any atom is 0.351 e. The molecule has 1 heterocycles. The number of thiazole rings is 1. The van der Waals surface area contributed by atoms with Crippen LogP contribution in [0.3, 0.4) is 0 Å². The van der Waals surface area contributed by atoms with Gasteiger partial charge in [0, 0.05) is 16.3 Å². The summed E-state index contributed by atoms with van der Waals surface area (Å²) in [5, 5.41) is 3.85. The standard InChI is InChI=1S/C23H21ClN2O5S/c1-13-21(32-20(25-13)12-30-19-9-7-17(24)8-10-19)23(29)31-15(3)22(28)26-18-6-4-5-16(11-18)14(2)27/h4-11,15H,12H2,1-3H3,(H,26,28). The summed E-state index contributed by atoms with van der Waals surface area (Å²) in [5.74, 6) is -0.631. The van der Waals surface area contributed by atoms with Crippen molar-refractivity contribution in [3.8, 4) is 5.75 Å². The second kappa shape index (κ2) is 10.4. The van der Waals surface area contributed by atoms with E-state index in [1.165, 1.54) is 13.8 Å². The van der Waals surface area contributed by atoms with E-state index in [0.29, 0.717) is 37.6 Å². The van der Waals surface area contributed by atoms with E-state index < -0.39 is 18.0 Å². The van der Waals surface area contributed by atoms with Crippen molar-refractivity contribution in [1.29, 1.82) is 0 Å². The Bertz CT molecular complexity index is 1140. The van der Waals surface area contributed by atoms with Crippen LogP contribution in [-0.2, 0) is 16.1 Å². The van der Waals surface area contributed by atoms with Crippen LogP contribution in [0.15, 0.2) is 48.5 Å². The topological polar surface area (TPSA) is 94.6 Å². The molecule has 2 aromatic carbocycles. The molecule has 3 aromatic rings. The van der Waals surface area contributed by atoms with Gasteiger partial charge in [0.15, 0.2) is 11.9 Å². The first-order valence-corrected chi connectivity index (χ1v) is 10.9. The van der Waals surface area contributed by atoms with E-state index in [1.807, 2.05) is 0 Å². The number of ketones is 1. The maximum absolute atomic E-state index is 12.6. The normalized spacial score (nSPS) is 11.5. The molecule has 0 fully saturated rings. The highest BCUT2D eigenvalue weighted by molar-refractivity contribution is 7.13. The van der Waals surface area contributed by atoms with Crippen molar-refractivity contribution in [2.75, 3.05) is 5.32 Å². The number of carbonyl (C=O) groups excluding carboxylic acids is 3. The molecule has 0 bridgehead atoms. The zero-order chi connectivity index (χ0) is 23.3. The maximum atomic E-state index is 12.6. The minimum atomic E-state index is -1.04. The van der Waals surface area contributed by atoms with Crippen molar-refractivity contribution in [2.45, 2.75) is 33.5 Å². The van der Waals surface area contributed by atoms with Crippen LogP contribution in [0.5, 0.6) is 5.75 Å². The lowest BCUT2D eigenvalue weighted by Gasteiger charge is -2.13. The monoisotopic (exact) mass is 472 g/mol. The first kappa shape index (κ1) is 23.4. The quantitative estimate of drug-likeness (QED) is 0.363. The number of amides is 1. The number of benzene rings is 2. The molecular weight excluding hydrogens is 452 g/mol. The Balaban J connectivity index is 1.58. The summed E-state index contributed by atoms with van der Waals surface area (Å²) in [7, 11) is 0. The average Bonchev–Trinajstić information content (AvgIpc) is 3.14. The Morgan fingerprint density at radius 2 is 1.88 bits per heavy atom. The summed E-state index contributed by atoms with van der Waals surface area (Å²) in [5.41, 5.74) is 1.42. The Kier molecular flexibility index (Phi) is 7.61. The molecule has 1 N–H and O–H groups in total. The lowest BCUT2D eigenvalue weighted by Crippen LogP contribution is -2.30. The summed E-state index contributed by atoms with van der Waals surface area (Å²) >= 11 is 7.00. The number of halogens is 1. The lowest BCUT2D eigenvalue weighted by molar-refractivity contribution is -0.123. The van der Waals surface area contributed by atoms with E-state index in [-0.39, 0.29) is 12.4 Å². The third-order valence-corrected chi connectivity index (χ3v) is 5.75. The second-order valence-electron chi connectivity index (χ2n) is 6.94. The van der Waals surface area contributed by atoms with Crippen molar-refractivity contribution >= 4 is 46.3 Å². The zero-order valence-electron chi connectivity index (χ0n) is 17.7. The largest absolute Gasteiger partial charge is 0.486 e. The predicted molar refractivity (Wildman–Crippen MR) is 123 cm³/mol.